The molecule has 0 aliphatic heterocycles. The molecule has 2 rings (SSSR count). The molecule has 2 atom stereocenters. The molecule has 0 aliphatic carbocycles. The van der Waals surface area contributed by atoms with Gasteiger partial charge in [-0.2, -0.15) is 5.21 Å². The van der Waals surface area contributed by atoms with Crippen molar-refractivity contribution in [3.05, 3.63) is 24.3 Å². The van der Waals surface area contributed by atoms with Crippen LogP contribution < -0.4 is 11.1 Å². The normalized spacial score (nSPS) is 13.8. The van der Waals surface area contributed by atoms with Gasteiger partial charge in [-0.3, -0.25) is 4.79 Å². The maximum absolute atomic E-state index is 12.0. The van der Waals surface area contributed by atoms with Crippen LogP contribution in [0.15, 0.2) is 24.3 Å². The molecule has 0 spiro atoms. The molecule has 1 unspecified atom stereocenters. The molecule has 0 radical (unpaired) electrons. The van der Waals surface area contributed by atoms with Gasteiger partial charge in [0.15, 0.2) is 0 Å². The minimum absolute atomic E-state index is 0.135. The third-order valence-electron chi connectivity index (χ3n) is 3.29. The van der Waals surface area contributed by atoms with E-state index in [1.54, 1.807) is 12.1 Å². The fourth-order valence-electron chi connectivity index (χ4n) is 1.76. The maximum Gasteiger partial charge on any atom is 0.241 e. The molecule has 7 heteroatoms. The lowest BCUT2D eigenvalue weighted by atomic mass is 9.99. The summed E-state index contributed by atoms with van der Waals surface area (Å²) in [5.74, 6) is 0.423. The molecule has 20 heavy (non-hydrogen) atoms. The summed E-state index contributed by atoms with van der Waals surface area (Å²) < 4.78 is 0. The third kappa shape index (κ3) is 3.18. The van der Waals surface area contributed by atoms with Crippen molar-refractivity contribution in [3.63, 3.8) is 0 Å². The first-order chi connectivity index (χ1) is 9.61. The Morgan fingerprint density at radius 1 is 1.50 bits per heavy atom. The van der Waals surface area contributed by atoms with Crippen LogP contribution >= 0.6 is 0 Å². The molecule has 1 heterocycles. The molecule has 7 nitrogen and oxygen atoms in total. The number of hydrogen-bond donors (Lipinski definition) is 3. The average molecular weight is 274 g/mol. The van der Waals surface area contributed by atoms with E-state index >= 15 is 0 Å². The second-order valence-corrected chi connectivity index (χ2v) is 4.72. The monoisotopic (exact) mass is 274 g/mol. The van der Waals surface area contributed by atoms with Crippen molar-refractivity contribution < 1.29 is 4.79 Å². The highest BCUT2D eigenvalue weighted by molar-refractivity contribution is 5.95. The highest BCUT2D eigenvalue weighted by Gasteiger charge is 2.19. The van der Waals surface area contributed by atoms with Gasteiger partial charge in [0, 0.05) is 11.3 Å². The van der Waals surface area contributed by atoms with E-state index < -0.39 is 6.04 Å². The Bertz CT molecular complexity index is 568. The van der Waals surface area contributed by atoms with Crippen molar-refractivity contribution in [1.29, 1.82) is 0 Å². The van der Waals surface area contributed by atoms with Gasteiger partial charge in [0.05, 0.1) is 6.04 Å². The van der Waals surface area contributed by atoms with Crippen molar-refractivity contribution in [2.45, 2.75) is 26.3 Å². The highest BCUT2D eigenvalue weighted by Crippen LogP contribution is 2.18. The van der Waals surface area contributed by atoms with Crippen molar-refractivity contribution >= 4 is 11.6 Å². The Balaban J connectivity index is 2.10. The molecule has 0 fully saturated rings. The Labute approximate surface area is 117 Å². The van der Waals surface area contributed by atoms with E-state index in [1.165, 1.54) is 0 Å². The molecule has 1 amide bonds. The quantitative estimate of drug-likeness (QED) is 0.758. The first-order valence-corrected chi connectivity index (χ1v) is 6.52. The molecule has 0 bridgehead atoms. The van der Waals surface area contributed by atoms with Gasteiger partial charge in [0.25, 0.3) is 0 Å². The van der Waals surface area contributed by atoms with Gasteiger partial charge in [-0.1, -0.05) is 32.4 Å². The van der Waals surface area contributed by atoms with E-state index in [0.29, 0.717) is 11.5 Å². The summed E-state index contributed by atoms with van der Waals surface area (Å²) in [6, 6.07) is 6.72. The summed E-state index contributed by atoms with van der Waals surface area (Å²) in [5, 5.41) is 16.5. The van der Waals surface area contributed by atoms with Crippen LogP contribution in [0.25, 0.3) is 11.4 Å². The number of H-pyrrole nitrogens is 1. The summed E-state index contributed by atoms with van der Waals surface area (Å²) in [5.41, 5.74) is 7.33. The number of carbonyl (C=O) groups excluding carboxylic acids is 1. The van der Waals surface area contributed by atoms with Crippen LogP contribution in [0.1, 0.15) is 20.3 Å². The molecular weight excluding hydrogens is 256 g/mol. The predicted molar refractivity (Wildman–Crippen MR) is 75.7 cm³/mol. The molecule has 1 aromatic heterocycles. The number of anilines is 1. The van der Waals surface area contributed by atoms with Gasteiger partial charge in [-0.15, -0.1) is 10.2 Å². The first kappa shape index (κ1) is 14.1. The van der Waals surface area contributed by atoms with Crippen molar-refractivity contribution in [2.75, 3.05) is 5.32 Å². The summed E-state index contributed by atoms with van der Waals surface area (Å²) in [6.07, 6.45) is 0.859. The Morgan fingerprint density at radius 3 is 2.95 bits per heavy atom. The Kier molecular flexibility index (Phi) is 4.41. The molecule has 0 aliphatic rings. The zero-order chi connectivity index (χ0) is 14.5. The van der Waals surface area contributed by atoms with Crippen molar-refractivity contribution in [1.82, 2.24) is 20.6 Å². The lowest BCUT2D eigenvalue weighted by Crippen LogP contribution is -2.40. The van der Waals surface area contributed by atoms with E-state index in [-0.39, 0.29) is 11.8 Å². The molecule has 2 aromatic rings. The minimum Gasteiger partial charge on any atom is -0.325 e. The van der Waals surface area contributed by atoms with E-state index in [4.69, 9.17) is 5.73 Å². The van der Waals surface area contributed by atoms with Crippen molar-refractivity contribution in [2.24, 2.45) is 11.7 Å². The van der Waals surface area contributed by atoms with Gasteiger partial charge in [-0.05, 0) is 23.3 Å². The molecular formula is C13H18N6O. The van der Waals surface area contributed by atoms with E-state index in [0.717, 1.165) is 12.0 Å². The number of nitrogens with zero attached hydrogens (tertiary/aromatic N) is 3. The van der Waals surface area contributed by atoms with Crippen LogP contribution in [-0.2, 0) is 4.79 Å². The smallest absolute Gasteiger partial charge is 0.241 e. The van der Waals surface area contributed by atoms with Gasteiger partial charge in [0.1, 0.15) is 0 Å². The molecule has 4 N–H and O–H groups in total. The van der Waals surface area contributed by atoms with Crippen molar-refractivity contribution in [3.8, 4) is 11.4 Å². The molecule has 0 saturated heterocycles. The second-order valence-electron chi connectivity index (χ2n) is 4.72. The molecule has 1 aromatic carbocycles. The summed E-state index contributed by atoms with van der Waals surface area (Å²) in [4.78, 5) is 12.0. The SMILES string of the molecule is CCC(C)[C@H](N)C(=O)Nc1cccc(-c2nn[nH]n2)c1. The lowest BCUT2D eigenvalue weighted by Gasteiger charge is -2.17. The second kappa shape index (κ2) is 6.25. The van der Waals surface area contributed by atoms with Gasteiger partial charge in [-0.25, -0.2) is 0 Å². The molecule has 0 saturated carbocycles. The van der Waals surface area contributed by atoms with Gasteiger partial charge < -0.3 is 11.1 Å². The zero-order valence-electron chi connectivity index (χ0n) is 11.5. The van der Waals surface area contributed by atoms with Crippen LogP contribution in [0, 0.1) is 5.92 Å². The Hall–Kier alpha value is -2.28. The van der Waals surface area contributed by atoms with Crippen LogP contribution in [-0.4, -0.2) is 32.6 Å². The standard InChI is InChI=1S/C13H18N6O/c1-3-8(2)11(14)13(20)15-10-6-4-5-9(7-10)12-16-18-19-17-12/h4-8,11H,3,14H2,1-2H3,(H,15,20)(H,16,17,18,19)/t8?,11-/m0/s1. The topological polar surface area (TPSA) is 110 Å². The average Bonchev–Trinajstić information content (AvgIpc) is 3.00. The number of aromatic nitrogens is 4. The summed E-state index contributed by atoms with van der Waals surface area (Å²) in [6.45, 7) is 3.97. The largest absolute Gasteiger partial charge is 0.325 e. The number of nitrogens with two attached hydrogens (primary N) is 1. The fourth-order valence-corrected chi connectivity index (χ4v) is 1.76. The fraction of sp³-hybridized carbons (Fsp3) is 0.385. The maximum atomic E-state index is 12.0. The van der Waals surface area contributed by atoms with Crippen LogP contribution in [0.3, 0.4) is 0 Å². The lowest BCUT2D eigenvalue weighted by molar-refractivity contribution is -0.118. The number of aromatic amines is 1. The summed E-state index contributed by atoms with van der Waals surface area (Å²) >= 11 is 0. The number of rotatable bonds is 5. The van der Waals surface area contributed by atoms with Gasteiger partial charge in [0.2, 0.25) is 11.7 Å². The third-order valence-corrected chi connectivity index (χ3v) is 3.29. The molecule has 106 valence electrons. The van der Waals surface area contributed by atoms with Crippen LogP contribution in [0.2, 0.25) is 0 Å². The summed E-state index contributed by atoms with van der Waals surface area (Å²) in [7, 11) is 0. The van der Waals surface area contributed by atoms with Crippen LogP contribution in [0.4, 0.5) is 5.69 Å². The number of hydrogen-bond acceptors (Lipinski definition) is 5. The van der Waals surface area contributed by atoms with E-state index in [1.807, 2.05) is 26.0 Å². The Morgan fingerprint density at radius 2 is 2.30 bits per heavy atom. The predicted octanol–water partition coefficient (Wildman–Crippen LogP) is 1.18. The highest BCUT2D eigenvalue weighted by atomic mass is 16.2. The number of benzene rings is 1. The van der Waals surface area contributed by atoms with E-state index in [2.05, 4.69) is 25.9 Å². The minimum atomic E-state index is -0.520. The number of carbonyl (C=O) groups is 1. The number of tetrazole rings is 1. The zero-order valence-corrected chi connectivity index (χ0v) is 11.5. The number of nitrogens with one attached hydrogen (secondary N) is 2. The van der Waals surface area contributed by atoms with Gasteiger partial charge >= 0.3 is 0 Å². The van der Waals surface area contributed by atoms with E-state index in [9.17, 15) is 4.79 Å². The first-order valence-electron chi connectivity index (χ1n) is 6.52. The van der Waals surface area contributed by atoms with Crippen LogP contribution in [0.5, 0.6) is 0 Å². The number of amides is 1.